The molecule has 0 N–H and O–H groups in total. The van der Waals surface area contributed by atoms with Crippen LogP contribution in [0.4, 0.5) is 0 Å². The number of benzene rings is 3. The lowest BCUT2D eigenvalue weighted by molar-refractivity contribution is 0.460. The average Bonchev–Trinajstić information content (AvgIpc) is 2.69. The van der Waals surface area contributed by atoms with Crippen LogP contribution in [-0.2, 0) is 11.8 Å². The molecule has 0 aliphatic rings. The third-order valence-electron chi connectivity index (χ3n) is 5.11. The van der Waals surface area contributed by atoms with E-state index in [0.717, 1.165) is 36.3 Å². The highest BCUT2D eigenvalue weighted by atomic mass is 35.5. The molecule has 0 saturated heterocycles. The van der Waals surface area contributed by atoms with Gasteiger partial charge in [0.05, 0.1) is 0 Å². The predicted molar refractivity (Wildman–Crippen MR) is 125 cm³/mol. The van der Waals surface area contributed by atoms with E-state index >= 15 is 0 Å². The van der Waals surface area contributed by atoms with Crippen LogP contribution in [0.3, 0.4) is 0 Å². The van der Waals surface area contributed by atoms with Gasteiger partial charge in [-0.25, -0.2) is 0 Å². The molecule has 0 saturated carbocycles. The molecule has 0 unspecified atom stereocenters. The lowest BCUT2D eigenvalue weighted by atomic mass is 9.79. The number of hydrogen-bond acceptors (Lipinski definition) is 1. The standard InChI is InChI=1S/C26H26Cl2O/c1-26(2,22-15-13-21(14-16-22)19-25(27)28)17-7-9-20-8-6-12-24(18-20)29-23-10-4-3-5-11-23/h3-6,8,10-16,18-19H,7,9,17H2,1-2H3. The normalized spacial score (nSPS) is 11.2. The van der Waals surface area contributed by atoms with Crippen molar-refractivity contribution in [1.82, 2.24) is 0 Å². The number of hydrogen-bond donors (Lipinski definition) is 0. The molecule has 0 fully saturated rings. The van der Waals surface area contributed by atoms with E-state index in [0.29, 0.717) is 0 Å². The first-order chi connectivity index (χ1) is 13.9. The molecule has 0 amide bonds. The lowest BCUT2D eigenvalue weighted by Crippen LogP contribution is -2.17. The van der Waals surface area contributed by atoms with Crippen LogP contribution in [0.1, 0.15) is 43.4 Å². The summed E-state index contributed by atoms with van der Waals surface area (Å²) in [6.45, 7) is 4.59. The van der Waals surface area contributed by atoms with Crippen molar-refractivity contribution in [2.24, 2.45) is 0 Å². The lowest BCUT2D eigenvalue weighted by Gasteiger charge is -2.25. The van der Waals surface area contributed by atoms with Gasteiger partial charge in [-0.3, -0.25) is 0 Å². The second-order valence-corrected chi connectivity index (χ2v) is 8.86. The third-order valence-corrected chi connectivity index (χ3v) is 5.33. The Balaban J connectivity index is 1.57. The van der Waals surface area contributed by atoms with Crippen molar-refractivity contribution in [3.05, 3.63) is 100 Å². The molecule has 0 heterocycles. The van der Waals surface area contributed by atoms with E-state index in [1.807, 2.05) is 36.4 Å². The number of ether oxygens (including phenoxy) is 1. The molecule has 0 radical (unpaired) electrons. The molecule has 0 atom stereocenters. The monoisotopic (exact) mass is 424 g/mol. The molecular weight excluding hydrogens is 399 g/mol. The highest BCUT2D eigenvalue weighted by Crippen LogP contribution is 2.30. The Hall–Kier alpha value is -2.22. The van der Waals surface area contributed by atoms with E-state index in [1.165, 1.54) is 11.1 Å². The van der Waals surface area contributed by atoms with Crippen LogP contribution in [0, 0.1) is 0 Å². The van der Waals surface area contributed by atoms with Crippen molar-refractivity contribution in [3.8, 4) is 11.5 Å². The van der Waals surface area contributed by atoms with Crippen molar-refractivity contribution in [3.63, 3.8) is 0 Å². The molecule has 0 aliphatic heterocycles. The van der Waals surface area contributed by atoms with E-state index in [-0.39, 0.29) is 9.91 Å². The summed E-state index contributed by atoms with van der Waals surface area (Å²) in [6.07, 6.45) is 4.99. The second-order valence-electron chi connectivity index (χ2n) is 7.86. The zero-order chi connectivity index (χ0) is 20.7. The fraction of sp³-hybridized carbons (Fsp3) is 0.231. The van der Waals surface area contributed by atoms with Crippen molar-refractivity contribution in [2.75, 3.05) is 0 Å². The summed E-state index contributed by atoms with van der Waals surface area (Å²) in [5.41, 5.74) is 3.73. The van der Waals surface area contributed by atoms with Gasteiger partial charge < -0.3 is 4.74 Å². The number of aryl methyl sites for hydroxylation is 1. The van der Waals surface area contributed by atoms with Gasteiger partial charge >= 0.3 is 0 Å². The quantitative estimate of drug-likeness (QED) is 0.351. The first-order valence-electron chi connectivity index (χ1n) is 9.87. The molecule has 0 aromatic heterocycles. The molecular formula is C26H26Cl2O. The van der Waals surface area contributed by atoms with Gasteiger partial charge in [-0.15, -0.1) is 0 Å². The summed E-state index contributed by atoms with van der Waals surface area (Å²) in [5.74, 6) is 1.74. The number of para-hydroxylation sites is 1. The average molecular weight is 425 g/mol. The molecule has 0 bridgehead atoms. The largest absolute Gasteiger partial charge is 0.457 e. The summed E-state index contributed by atoms with van der Waals surface area (Å²) in [6, 6.07) is 26.7. The van der Waals surface area contributed by atoms with E-state index < -0.39 is 0 Å². The molecule has 3 aromatic carbocycles. The first-order valence-corrected chi connectivity index (χ1v) is 10.6. The third kappa shape index (κ3) is 6.66. The maximum absolute atomic E-state index is 5.95. The van der Waals surface area contributed by atoms with E-state index in [2.05, 4.69) is 56.3 Å². The molecule has 0 aliphatic carbocycles. The fourth-order valence-electron chi connectivity index (χ4n) is 3.42. The predicted octanol–water partition coefficient (Wildman–Crippen LogP) is 8.56. The molecule has 29 heavy (non-hydrogen) atoms. The summed E-state index contributed by atoms with van der Waals surface area (Å²) in [7, 11) is 0. The molecule has 1 nitrogen and oxygen atoms in total. The fourth-order valence-corrected chi connectivity index (χ4v) is 3.68. The van der Waals surface area contributed by atoms with Gasteiger partial charge in [0.25, 0.3) is 0 Å². The molecule has 3 rings (SSSR count). The Morgan fingerprint density at radius 1 is 0.862 bits per heavy atom. The van der Waals surface area contributed by atoms with Gasteiger partial charge in [-0.2, -0.15) is 0 Å². The van der Waals surface area contributed by atoms with Gasteiger partial charge in [0, 0.05) is 0 Å². The summed E-state index contributed by atoms with van der Waals surface area (Å²) in [4.78, 5) is 0. The van der Waals surface area contributed by atoms with Crippen molar-refractivity contribution in [1.29, 1.82) is 0 Å². The second kappa shape index (κ2) is 10.0. The van der Waals surface area contributed by atoms with Crippen LogP contribution in [-0.4, -0.2) is 0 Å². The Morgan fingerprint density at radius 2 is 1.55 bits per heavy atom. The molecule has 3 heteroatoms. The van der Waals surface area contributed by atoms with Gasteiger partial charge in [-0.05, 0) is 71.7 Å². The molecule has 3 aromatic rings. The van der Waals surface area contributed by atoms with Gasteiger partial charge in [-0.1, -0.05) is 91.6 Å². The molecule has 150 valence electrons. The molecule has 0 spiro atoms. The van der Waals surface area contributed by atoms with Crippen molar-refractivity contribution in [2.45, 2.75) is 38.5 Å². The summed E-state index contributed by atoms with van der Waals surface area (Å²) >= 11 is 11.5. The van der Waals surface area contributed by atoms with E-state index in [4.69, 9.17) is 27.9 Å². The van der Waals surface area contributed by atoms with E-state index in [1.54, 1.807) is 6.08 Å². The van der Waals surface area contributed by atoms with E-state index in [9.17, 15) is 0 Å². The van der Waals surface area contributed by atoms with Crippen molar-refractivity contribution < 1.29 is 4.74 Å². The van der Waals surface area contributed by atoms with Crippen LogP contribution < -0.4 is 4.74 Å². The topological polar surface area (TPSA) is 9.23 Å². The van der Waals surface area contributed by atoms with Crippen molar-refractivity contribution >= 4 is 29.3 Å². The van der Waals surface area contributed by atoms with Gasteiger partial charge in [0.15, 0.2) is 0 Å². The SMILES string of the molecule is CC(C)(CCCc1cccc(Oc2ccccc2)c1)c1ccc(C=C(Cl)Cl)cc1. The Kier molecular flexibility index (Phi) is 7.41. The Morgan fingerprint density at radius 3 is 2.24 bits per heavy atom. The minimum Gasteiger partial charge on any atom is -0.457 e. The van der Waals surface area contributed by atoms with Crippen LogP contribution in [0.15, 0.2) is 83.4 Å². The van der Waals surface area contributed by atoms with Gasteiger partial charge in [0.1, 0.15) is 16.0 Å². The van der Waals surface area contributed by atoms with Crippen LogP contribution in [0.25, 0.3) is 6.08 Å². The minimum atomic E-state index is 0.102. The van der Waals surface area contributed by atoms with Crippen LogP contribution in [0.5, 0.6) is 11.5 Å². The summed E-state index contributed by atoms with van der Waals surface area (Å²) in [5, 5.41) is 0. The Labute approximate surface area is 183 Å². The van der Waals surface area contributed by atoms with Gasteiger partial charge in [0.2, 0.25) is 0 Å². The highest BCUT2D eigenvalue weighted by molar-refractivity contribution is 6.57. The van der Waals surface area contributed by atoms with Crippen LogP contribution >= 0.6 is 23.2 Å². The zero-order valence-electron chi connectivity index (χ0n) is 16.9. The smallest absolute Gasteiger partial charge is 0.127 e. The maximum atomic E-state index is 5.95. The Bertz CT molecular complexity index is 940. The number of rotatable bonds is 8. The minimum absolute atomic E-state index is 0.102. The maximum Gasteiger partial charge on any atom is 0.127 e. The summed E-state index contributed by atoms with van der Waals surface area (Å²) < 4.78 is 6.22. The highest BCUT2D eigenvalue weighted by Gasteiger charge is 2.20. The zero-order valence-corrected chi connectivity index (χ0v) is 18.4. The first kappa shape index (κ1) is 21.5. The number of halogens is 2. The van der Waals surface area contributed by atoms with Crippen LogP contribution in [0.2, 0.25) is 0 Å².